The summed E-state index contributed by atoms with van der Waals surface area (Å²) in [6, 6.07) is -0.539. The van der Waals surface area contributed by atoms with Crippen LogP contribution in [-0.2, 0) is 14.3 Å². The Balaban J connectivity index is 3.33. The molecule has 6 nitrogen and oxygen atoms in total. The van der Waals surface area contributed by atoms with Crippen LogP contribution in [-0.4, -0.2) is 47.4 Å². The molecule has 0 aliphatic heterocycles. The molecular formula is C78H153NO5. The molecule has 0 aromatic rings. The first-order valence-electron chi connectivity index (χ1n) is 38.9. The normalized spacial score (nSPS) is 12.5. The molecule has 0 spiro atoms. The minimum Gasteiger partial charge on any atom is -0.466 e. The Labute approximate surface area is 527 Å². The summed E-state index contributed by atoms with van der Waals surface area (Å²) in [7, 11) is 0. The van der Waals surface area contributed by atoms with Gasteiger partial charge in [0.1, 0.15) is 0 Å². The molecule has 0 rings (SSSR count). The molecule has 0 heterocycles. The topological polar surface area (TPSA) is 95.9 Å². The van der Waals surface area contributed by atoms with Crippen molar-refractivity contribution in [3.63, 3.8) is 0 Å². The summed E-state index contributed by atoms with van der Waals surface area (Å²) < 4.78 is 5.48. The molecule has 0 radical (unpaired) electrons. The number of esters is 1. The second kappa shape index (κ2) is 74.1. The molecule has 1 amide bonds. The van der Waals surface area contributed by atoms with Crippen LogP contribution in [0, 0.1) is 0 Å². The maximum atomic E-state index is 12.6. The molecule has 500 valence electrons. The fourth-order valence-corrected chi connectivity index (χ4v) is 12.6. The predicted molar refractivity (Wildman–Crippen MR) is 370 cm³/mol. The Morgan fingerprint density at radius 2 is 0.560 bits per heavy atom. The van der Waals surface area contributed by atoms with Gasteiger partial charge in [-0.2, -0.15) is 0 Å². The summed E-state index contributed by atoms with van der Waals surface area (Å²) >= 11 is 0. The summed E-state index contributed by atoms with van der Waals surface area (Å²) in [5.74, 6) is -0.0130. The highest BCUT2D eigenvalue weighted by molar-refractivity contribution is 5.76. The van der Waals surface area contributed by atoms with E-state index in [-0.39, 0.29) is 18.5 Å². The zero-order valence-corrected chi connectivity index (χ0v) is 57.4. The zero-order chi connectivity index (χ0) is 60.6. The lowest BCUT2D eigenvalue weighted by Crippen LogP contribution is -2.45. The van der Waals surface area contributed by atoms with Gasteiger partial charge in [0.2, 0.25) is 5.91 Å². The zero-order valence-electron chi connectivity index (χ0n) is 57.4. The van der Waals surface area contributed by atoms with E-state index in [9.17, 15) is 19.8 Å². The van der Waals surface area contributed by atoms with Gasteiger partial charge in [-0.15, -0.1) is 0 Å². The number of aliphatic hydroxyl groups is 2. The second-order valence-corrected chi connectivity index (χ2v) is 27.0. The van der Waals surface area contributed by atoms with Gasteiger partial charge in [0.15, 0.2) is 0 Å². The Hall–Kier alpha value is -1.40. The molecule has 2 atom stereocenters. The number of unbranched alkanes of at least 4 members (excludes halogenated alkanes) is 61. The Bertz CT molecular complexity index is 1270. The van der Waals surface area contributed by atoms with Gasteiger partial charge in [-0.05, 0) is 51.4 Å². The second-order valence-electron chi connectivity index (χ2n) is 27.0. The van der Waals surface area contributed by atoms with Gasteiger partial charge in [0.25, 0.3) is 0 Å². The van der Waals surface area contributed by atoms with Crippen molar-refractivity contribution in [1.82, 2.24) is 5.32 Å². The van der Waals surface area contributed by atoms with Crippen molar-refractivity contribution in [3.8, 4) is 0 Å². The van der Waals surface area contributed by atoms with E-state index in [0.29, 0.717) is 25.9 Å². The lowest BCUT2D eigenvalue weighted by atomic mass is 10.0. The highest BCUT2D eigenvalue weighted by Gasteiger charge is 2.20. The fourth-order valence-electron chi connectivity index (χ4n) is 12.6. The van der Waals surface area contributed by atoms with Crippen LogP contribution < -0.4 is 5.32 Å². The van der Waals surface area contributed by atoms with Crippen molar-refractivity contribution >= 4 is 11.9 Å². The van der Waals surface area contributed by atoms with Crippen molar-refractivity contribution in [3.05, 3.63) is 12.2 Å². The molecule has 0 aliphatic carbocycles. The number of nitrogens with one attached hydrogen (secondary N) is 1. The molecule has 0 saturated heterocycles. The lowest BCUT2D eigenvalue weighted by Gasteiger charge is -2.22. The van der Waals surface area contributed by atoms with Gasteiger partial charge in [-0.25, -0.2) is 0 Å². The SMILES string of the molecule is CCCCC/C=C\CCCCCCCC(=O)OCCCCCCCCCCCCCCCCCCCCCCCCCCCCCCCCCC(=O)NC(CO)C(O)CCCCCCCCCCCCCCCCCCCCCCCCCC. The minimum atomic E-state index is -0.662. The van der Waals surface area contributed by atoms with E-state index in [1.165, 1.54) is 372 Å². The summed E-state index contributed by atoms with van der Waals surface area (Å²) in [5.41, 5.74) is 0. The Morgan fingerprint density at radius 1 is 0.321 bits per heavy atom. The first kappa shape index (κ1) is 82.6. The molecule has 0 saturated carbocycles. The number of carbonyl (C=O) groups is 2. The highest BCUT2D eigenvalue weighted by atomic mass is 16.5. The molecule has 0 bridgehead atoms. The molecule has 0 aromatic heterocycles. The number of hydrogen-bond donors (Lipinski definition) is 3. The van der Waals surface area contributed by atoms with Crippen LogP contribution in [0.5, 0.6) is 0 Å². The molecular weight excluding hydrogens is 1030 g/mol. The molecule has 3 N–H and O–H groups in total. The number of amides is 1. The van der Waals surface area contributed by atoms with E-state index in [1.807, 2.05) is 0 Å². The average molecular weight is 1190 g/mol. The van der Waals surface area contributed by atoms with Crippen LogP contribution in [0.25, 0.3) is 0 Å². The van der Waals surface area contributed by atoms with Gasteiger partial charge >= 0.3 is 5.97 Å². The number of carbonyl (C=O) groups excluding carboxylic acids is 2. The molecule has 0 aromatic carbocycles. The third kappa shape index (κ3) is 69.7. The van der Waals surface area contributed by atoms with Crippen molar-refractivity contribution in [2.75, 3.05) is 13.2 Å². The summed E-state index contributed by atoms with van der Waals surface area (Å²) in [6.07, 6.45) is 93.0. The first-order chi connectivity index (χ1) is 41.5. The highest BCUT2D eigenvalue weighted by Crippen LogP contribution is 2.20. The largest absolute Gasteiger partial charge is 0.466 e. The average Bonchev–Trinajstić information content (AvgIpc) is 3.50. The summed E-state index contributed by atoms with van der Waals surface area (Å²) in [6.45, 7) is 4.98. The van der Waals surface area contributed by atoms with Gasteiger partial charge in [0, 0.05) is 12.8 Å². The molecule has 0 aliphatic rings. The van der Waals surface area contributed by atoms with Crippen LogP contribution in [0.4, 0.5) is 0 Å². The van der Waals surface area contributed by atoms with Gasteiger partial charge in [-0.3, -0.25) is 9.59 Å². The van der Waals surface area contributed by atoms with Crippen LogP contribution in [0.2, 0.25) is 0 Å². The number of allylic oxidation sites excluding steroid dienone is 2. The van der Waals surface area contributed by atoms with Crippen LogP contribution in [0.3, 0.4) is 0 Å². The van der Waals surface area contributed by atoms with E-state index in [4.69, 9.17) is 4.74 Å². The minimum absolute atomic E-state index is 0.0117. The summed E-state index contributed by atoms with van der Waals surface area (Å²) in [4.78, 5) is 24.6. The number of rotatable bonds is 74. The molecule has 6 heteroatoms. The van der Waals surface area contributed by atoms with E-state index < -0.39 is 12.1 Å². The van der Waals surface area contributed by atoms with E-state index in [0.717, 1.165) is 44.9 Å². The molecule has 0 fully saturated rings. The number of ether oxygens (including phenoxy) is 1. The van der Waals surface area contributed by atoms with Crippen LogP contribution in [0.1, 0.15) is 450 Å². The van der Waals surface area contributed by atoms with Crippen LogP contribution in [0.15, 0.2) is 12.2 Å². The quantitative estimate of drug-likeness (QED) is 0.0320. The van der Waals surface area contributed by atoms with Gasteiger partial charge in [-0.1, -0.05) is 398 Å². The standard InChI is InChI=1S/C78H153NO5/c1-3-5-7-9-11-13-15-17-18-19-20-21-22-32-35-38-41-44-47-50-54-58-62-66-70-76(81)75(74-80)79-77(82)71-67-63-59-55-51-48-45-42-39-36-33-30-28-26-24-23-25-27-29-31-34-37-40-43-46-49-53-57-61-65-69-73-84-78(83)72-68-64-60-56-52-16-14-12-10-8-6-4-2/h12,14,75-76,80-81H,3-11,13,15-74H2,1-2H3,(H,79,82)/b14-12-. The van der Waals surface area contributed by atoms with Crippen molar-refractivity contribution in [2.24, 2.45) is 0 Å². The first-order valence-corrected chi connectivity index (χ1v) is 38.9. The van der Waals surface area contributed by atoms with E-state index >= 15 is 0 Å². The third-order valence-corrected chi connectivity index (χ3v) is 18.6. The van der Waals surface area contributed by atoms with Gasteiger partial charge < -0.3 is 20.3 Å². The monoisotopic (exact) mass is 1180 g/mol. The lowest BCUT2D eigenvalue weighted by molar-refractivity contribution is -0.143. The predicted octanol–water partition coefficient (Wildman–Crippen LogP) is 25.5. The Kier molecular flexibility index (Phi) is 72.8. The van der Waals surface area contributed by atoms with Gasteiger partial charge in [0.05, 0.1) is 25.4 Å². The van der Waals surface area contributed by atoms with Crippen molar-refractivity contribution in [2.45, 2.75) is 463 Å². The summed E-state index contributed by atoms with van der Waals surface area (Å²) in [5, 5.41) is 23.5. The van der Waals surface area contributed by atoms with E-state index in [1.54, 1.807) is 0 Å². The maximum Gasteiger partial charge on any atom is 0.305 e. The number of aliphatic hydroxyl groups excluding tert-OH is 2. The van der Waals surface area contributed by atoms with Crippen LogP contribution >= 0.6 is 0 Å². The van der Waals surface area contributed by atoms with E-state index in [2.05, 4.69) is 31.3 Å². The smallest absolute Gasteiger partial charge is 0.305 e. The maximum absolute atomic E-state index is 12.6. The van der Waals surface area contributed by atoms with Crippen molar-refractivity contribution in [1.29, 1.82) is 0 Å². The molecule has 2 unspecified atom stereocenters. The fraction of sp³-hybridized carbons (Fsp3) is 0.949. The third-order valence-electron chi connectivity index (χ3n) is 18.6. The number of hydrogen-bond acceptors (Lipinski definition) is 5. The Morgan fingerprint density at radius 3 is 0.869 bits per heavy atom. The molecule has 84 heavy (non-hydrogen) atoms. The van der Waals surface area contributed by atoms with Crippen molar-refractivity contribution < 1.29 is 24.5 Å².